The number of carbonyl (C=O) groups is 2. The second-order valence-corrected chi connectivity index (χ2v) is 5.66. The van der Waals surface area contributed by atoms with Crippen molar-refractivity contribution in [3.05, 3.63) is 48.2 Å². The summed E-state index contributed by atoms with van der Waals surface area (Å²) in [5.41, 5.74) is 0.859. The third-order valence-electron chi connectivity index (χ3n) is 3.79. The van der Waals surface area contributed by atoms with Gasteiger partial charge in [-0.2, -0.15) is 0 Å². The Labute approximate surface area is 137 Å². The Morgan fingerprint density at radius 1 is 1.35 bits per heavy atom. The molecule has 0 unspecified atom stereocenters. The molecule has 1 saturated heterocycles. The number of likely N-dealkylation sites (tertiary alicyclic amines) is 1. The monoisotopic (exact) mass is 313 g/mol. The molecule has 1 aromatic rings. The largest absolute Gasteiger partial charge is 0.338 e. The van der Waals surface area contributed by atoms with E-state index in [0.717, 1.165) is 18.5 Å². The van der Waals surface area contributed by atoms with Gasteiger partial charge in [0.15, 0.2) is 0 Å². The van der Waals surface area contributed by atoms with Gasteiger partial charge in [0.25, 0.3) is 0 Å². The van der Waals surface area contributed by atoms with Gasteiger partial charge in [0.2, 0.25) is 11.8 Å². The number of allylic oxidation sites excluding steroid dienone is 3. The van der Waals surface area contributed by atoms with Crippen LogP contribution in [0.5, 0.6) is 0 Å². The molecule has 0 saturated carbocycles. The zero-order valence-corrected chi connectivity index (χ0v) is 13.7. The van der Waals surface area contributed by atoms with Gasteiger partial charge in [-0.15, -0.1) is 0 Å². The lowest BCUT2D eigenvalue weighted by Gasteiger charge is -2.31. The molecule has 0 radical (unpaired) electrons. The van der Waals surface area contributed by atoms with Crippen molar-refractivity contribution in [2.45, 2.75) is 26.7 Å². The lowest BCUT2D eigenvalue weighted by Crippen LogP contribution is -2.43. The quantitative estimate of drug-likeness (QED) is 0.687. The van der Waals surface area contributed by atoms with E-state index < -0.39 is 0 Å². The second-order valence-electron chi connectivity index (χ2n) is 5.66. The predicted molar refractivity (Wildman–Crippen MR) is 90.9 cm³/mol. The molecule has 0 bridgehead atoms. The summed E-state index contributed by atoms with van der Waals surface area (Å²) < 4.78 is 0. The van der Waals surface area contributed by atoms with Crippen molar-refractivity contribution in [2.24, 2.45) is 5.92 Å². The van der Waals surface area contributed by atoms with Crippen LogP contribution < -0.4 is 5.32 Å². The van der Waals surface area contributed by atoms with Crippen molar-refractivity contribution in [3.63, 3.8) is 0 Å². The van der Waals surface area contributed by atoms with Gasteiger partial charge in [-0.05, 0) is 38.8 Å². The van der Waals surface area contributed by atoms with Crippen LogP contribution >= 0.6 is 0 Å². The van der Waals surface area contributed by atoms with E-state index in [4.69, 9.17) is 0 Å². The Balaban J connectivity index is 1.94. The fourth-order valence-corrected chi connectivity index (χ4v) is 2.59. The number of nitrogens with one attached hydrogen (secondary N) is 1. The number of amides is 2. The highest BCUT2D eigenvalue weighted by Gasteiger charge is 2.27. The number of aryl methyl sites for hydroxylation is 1. The molecule has 0 aromatic carbocycles. The fraction of sp³-hybridized carbons (Fsp3) is 0.389. The van der Waals surface area contributed by atoms with Crippen molar-refractivity contribution in [2.75, 3.05) is 18.4 Å². The summed E-state index contributed by atoms with van der Waals surface area (Å²) in [5, 5.41) is 2.85. The lowest BCUT2D eigenvalue weighted by molar-refractivity contribution is -0.130. The van der Waals surface area contributed by atoms with Gasteiger partial charge < -0.3 is 10.2 Å². The first-order chi connectivity index (χ1) is 11.1. The Bertz CT molecular complexity index is 622. The van der Waals surface area contributed by atoms with Gasteiger partial charge in [-0.3, -0.25) is 9.59 Å². The molecule has 1 fully saturated rings. The van der Waals surface area contributed by atoms with Gasteiger partial charge >= 0.3 is 0 Å². The minimum Gasteiger partial charge on any atom is -0.338 e. The van der Waals surface area contributed by atoms with Gasteiger partial charge in [0.05, 0.1) is 5.92 Å². The summed E-state index contributed by atoms with van der Waals surface area (Å²) in [4.78, 5) is 30.5. The second kappa shape index (κ2) is 8.27. The molecular formula is C18H23N3O2. The highest BCUT2D eigenvalue weighted by Crippen LogP contribution is 2.18. The normalized spacial score (nSPS) is 18.5. The van der Waals surface area contributed by atoms with Crippen LogP contribution in [0.1, 0.15) is 25.5 Å². The number of anilines is 1. The fourth-order valence-electron chi connectivity index (χ4n) is 2.59. The molecule has 122 valence electrons. The molecule has 1 N–H and O–H groups in total. The van der Waals surface area contributed by atoms with E-state index in [9.17, 15) is 9.59 Å². The predicted octanol–water partition coefficient (Wildman–Crippen LogP) is 2.70. The Morgan fingerprint density at radius 3 is 2.91 bits per heavy atom. The molecule has 5 heteroatoms. The average Bonchev–Trinajstić information content (AvgIpc) is 2.55. The van der Waals surface area contributed by atoms with Crippen LogP contribution in [0, 0.1) is 12.8 Å². The molecular weight excluding hydrogens is 290 g/mol. The SMILES string of the molecule is C/C=C/C=C\C(=O)N1CCC[C@@H](C(=O)Nc2cccc(C)n2)C1. The van der Waals surface area contributed by atoms with Crippen molar-refractivity contribution in [1.29, 1.82) is 0 Å². The molecule has 0 spiro atoms. The summed E-state index contributed by atoms with van der Waals surface area (Å²) in [6.45, 7) is 4.94. The Hall–Kier alpha value is -2.43. The van der Waals surface area contributed by atoms with Crippen molar-refractivity contribution < 1.29 is 9.59 Å². The first-order valence-corrected chi connectivity index (χ1v) is 7.93. The molecule has 2 amide bonds. The standard InChI is InChI=1S/C18H23N3O2/c1-3-4-5-11-17(22)21-12-7-9-15(13-21)18(23)20-16-10-6-8-14(2)19-16/h3-6,8,10-11,15H,7,9,12-13H2,1-2H3,(H,19,20,23)/b4-3+,11-5-/t15-/m1/s1. The number of piperidine rings is 1. The number of aromatic nitrogens is 1. The van der Waals surface area contributed by atoms with E-state index in [1.807, 2.05) is 38.1 Å². The van der Waals surface area contributed by atoms with Crippen molar-refractivity contribution in [1.82, 2.24) is 9.88 Å². The van der Waals surface area contributed by atoms with Crippen LogP contribution in [0.2, 0.25) is 0 Å². The van der Waals surface area contributed by atoms with Gasteiger partial charge in [0, 0.05) is 24.9 Å². The number of carbonyl (C=O) groups excluding carboxylic acids is 2. The molecule has 23 heavy (non-hydrogen) atoms. The summed E-state index contributed by atoms with van der Waals surface area (Å²) in [6.07, 6.45) is 8.58. The Kier molecular flexibility index (Phi) is 6.09. The zero-order valence-electron chi connectivity index (χ0n) is 13.7. The molecule has 1 atom stereocenters. The van der Waals surface area contributed by atoms with Crippen molar-refractivity contribution >= 4 is 17.6 Å². The Morgan fingerprint density at radius 2 is 2.17 bits per heavy atom. The van der Waals surface area contributed by atoms with Gasteiger partial charge in [0.1, 0.15) is 5.82 Å². The van der Waals surface area contributed by atoms with E-state index in [2.05, 4.69) is 10.3 Å². The minimum atomic E-state index is -0.190. The summed E-state index contributed by atoms with van der Waals surface area (Å²) >= 11 is 0. The summed E-state index contributed by atoms with van der Waals surface area (Å²) in [6, 6.07) is 5.52. The van der Waals surface area contributed by atoms with E-state index in [0.29, 0.717) is 18.9 Å². The summed E-state index contributed by atoms with van der Waals surface area (Å²) in [7, 11) is 0. The van der Waals surface area contributed by atoms with Crippen LogP contribution in [0.3, 0.4) is 0 Å². The van der Waals surface area contributed by atoms with Crippen LogP contribution in [-0.4, -0.2) is 34.8 Å². The van der Waals surface area contributed by atoms with Crippen LogP contribution in [0.15, 0.2) is 42.5 Å². The maximum Gasteiger partial charge on any atom is 0.246 e. The molecule has 0 aliphatic carbocycles. The molecule has 2 heterocycles. The zero-order chi connectivity index (χ0) is 16.7. The molecule has 5 nitrogen and oxygen atoms in total. The smallest absolute Gasteiger partial charge is 0.246 e. The topological polar surface area (TPSA) is 62.3 Å². The molecule has 1 aromatic heterocycles. The van der Waals surface area contributed by atoms with Crippen LogP contribution in [-0.2, 0) is 9.59 Å². The molecule has 1 aliphatic heterocycles. The number of hydrogen-bond acceptors (Lipinski definition) is 3. The van der Waals surface area contributed by atoms with Crippen LogP contribution in [0.4, 0.5) is 5.82 Å². The number of hydrogen-bond donors (Lipinski definition) is 1. The lowest BCUT2D eigenvalue weighted by atomic mass is 9.97. The third-order valence-corrected chi connectivity index (χ3v) is 3.79. The van der Waals surface area contributed by atoms with Gasteiger partial charge in [-0.25, -0.2) is 4.98 Å². The van der Waals surface area contributed by atoms with E-state index in [-0.39, 0.29) is 17.7 Å². The summed E-state index contributed by atoms with van der Waals surface area (Å²) in [5.74, 6) is 0.254. The average molecular weight is 313 g/mol. The van der Waals surface area contributed by atoms with Gasteiger partial charge in [-0.1, -0.05) is 24.3 Å². The van der Waals surface area contributed by atoms with Crippen LogP contribution in [0.25, 0.3) is 0 Å². The third kappa shape index (κ3) is 5.06. The first kappa shape index (κ1) is 16.9. The minimum absolute atomic E-state index is 0.0470. The number of pyridine rings is 1. The highest BCUT2D eigenvalue weighted by atomic mass is 16.2. The van der Waals surface area contributed by atoms with E-state index in [1.54, 1.807) is 23.1 Å². The van der Waals surface area contributed by atoms with E-state index >= 15 is 0 Å². The van der Waals surface area contributed by atoms with E-state index in [1.165, 1.54) is 0 Å². The number of nitrogens with zero attached hydrogens (tertiary/aromatic N) is 2. The van der Waals surface area contributed by atoms with Crippen molar-refractivity contribution in [3.8, 4) is 0 Å². The number of rotatable bonds is 4. The first-order valence-electron chi connectivity index (χ1n) is 7.93. The maximum atomic E-state index is 12.4. The molecule has 2 rings (SSSR count). The maximum absolute atomic E-state index is 12.4. The highest BCUT2D eigenvalue weighted by molar-refractivity contribution is 5.93. The molecule has 1 aliphatic rings.